The Morgan fingerprint density at radius 3 is 2.60 bits per heavy atom. The molecule has 0 unspecified atom stereocenters. The molecular formula is C27H24N4O4. The van der Waals surface area contributed by atoms with E-state index in [-0.39, 0.29) is 29.0 Å². The number of aromatic nitrogens is 2. The number of furan rings is 1. The van der Waals surface area contributed by atoms with E-state index in [4.69, 9.17) is 9.15 Å². The Hall–Kier alpha value is -4.64. The van der Waals surface area contributed by atoms with Crippen LogP contribution in [-0.2, 0) is 16.8 Å². The number of carbonyl (C=O) groups excluding carboxylic acids is 1. The van der Waals surface area contributed by atoms with Gasteiger partial charge in [-0.25, -0.2) is 0 Å². The van der Waals surface area contributed by atoms with Crippen molar-refractivity contribution in [1.82, 2.24) is 14.7 Å². The van der Waals surface area contributed by atoms with Crippen LogP contribution in [0.5, 0.6) is 11.6 Å². The minimum atomic E-state index is -0.651. The van der Waals surface area contributed by atoms with Gasteiger partial charge in [0.15, 0.2) is 0 Å². The second-order valence-electron chi connectivity index (χ2n) is 8.87. The molecule has 3 aromatic heterocycles. The number of ether oxygens (including phenoxy) is 1. The summed E-state index contributed by atoms with van der Waals surface area (Å²) in [6.45, 7) is 6.43. The Labute approximate surface area is 202 Å². The quantitative estimate of drug-likeness (QED) is 0.327. The number of nitriles is 1. The molecule has 0 aliphatic carbocycles. The first-order valence-electron chi connectivity index (χ1n) is 11.0. The molecule has 4 rings (SSSR count). The SMILES string of the molecule is CC(C)(C)c1ccc(Oc2nc3ccccn3c(=O)c2C=C(C#N)C(=O)NCc2ccco2)cc1. The van der Waals surface area contributed by atoms with E-state index in [2.05, 4.69) is 31.1 Å². The van der Waals surface area contributed by atoms with Gasteiger partial charge in [-0.3, -0.25) is 14.0 Å². The number of hydrogen-bond donors (Lipinski definition) is 1. The molecule has 0 radical (unpaired) electrons. The minimum Gasteiger partial charge on any atom is -0.467 e. The molecule has 0 fully saturated rings. The van der Waals surface area contributed by atoms with Gasteiger partial charge < -0.3 is 14.5 Å². The Morgan fingerprint density at radius 1 is 1.17 bits per heavy atom. The van der Waals surface area contributed by atoms with E-state index < -0.39 is 11.5 Å². The molecule has 8 nitrogen and oxygen atoms in total. The topological polar surface area (TPSA) is 110 Å². The van der Waals surface area contributed by atoms with Gasteiger partial charge >= 0.3 is 0 Å². The monoisotopic (exact) mass is 468 g/mol. The van der Waals surface area contributed by atoms with Crippen LogP contribution in [0.2, 0.25) is 0 Å². The first-order valence-corrected chi connectivity index (χ1v) is 11.0. The average Bonchev–Trinajstić information content (AvgIpc) is 3.36. The second kappa shape index (κ2) is 9.69. The van der Waals surface area contributed by atoms with Crippen molar-refractivity contribution in [2.75, 3.05) is 0 Å². The first-order chi connectivity index (χ1) is 16.8. The standard InChI is InChI=1S/C27H24N4O4/c1-27(2,3)19-9-11-20(12-10-19)35-25-22(26(33)31-13-5-4-8-23(31)30-25)15-18(16-28)24(32)29-17-21-7-6-14-34-21/h4-15H,17H2,1-3H3,(H,29,32). The van der Waals surface area contributed by atoms with E-state index >= 15 is 0 Å². The van der Waals surface area contributed by atoms with Gasteiger partial charge in [-0.2, -0.15) is 10.2 Å². The molecule has 35 heavy (non-hydrogen) atoms. The molecular weight excluding hydrogens is 444 g/mol. The van der Waals surface area contributed by atoms with Crippen molar-refractivity contribution in [2.45, 2.75) is 32.7 Å². The third-order valence-corrected chi connectivity index (χ3v) is 5.33. The predicted molar refractivity (Wildman–Crippen MR) is 131 cm³/mol. The highest BCUT2D eigenvalue weighted by molar-refractivity contribution is 6.01. The fourth-order valence-corrected chi connectivity index (χ4v) is 3.39. The van der Waals surface area contributed by atoms with Crippen LogP contribution in [0.4, 0.5) is 0 Å². The summed E-state index contributed by atoms with van der Waals surface area (Å²) in [6.07, 6.45) is 4.25. The fraction of sp³-hybridized carbons (Fsp3) is 0.185. The molecule has 8 heteroatoms. The minimum absolute atomic E-state index is 0.00343. The lowest BCUT2D eigenvalue weighted by Crippen LogP contribution is -2.24. The van der Waals surface area contributed by atoms with Gasteiger partial charge in [0.1, 0.15) is 34.4 Å². The maximum Gasteiger partial charge on any atom is 0.269 e. The van der Waals surface area contributed by atoms with E-state index in [1.807, 2.05) is 18.2 Å². The molecule has 0 bridgehead atoms. The van der Waals surface area contributed by atoms with Gasteiger partial charge in [0, 0.05) is 6.20 Å². The van der Waals surface area contributed by atoms with Crippen LogP contribution < -0.4 is 15.6 Å². The molecule has 1 amide bonds. The van der Waals surface area contributed by atoms with Crippen LogP contribution >= 0.6 is 0 Å². The summed E-state index contributed by atoms with van der Waals surface area (Å²) in [7, 11) is 0. The Kier molecular flexibility index (Phi) is 6.51. The second-order valence-corrected chi connectivity index (χ2v) is 8.87. The molecule has 0 aliphatic rings. The summed E-state index contributed by atoms with van der Waals surface area (Å²) in [5.41, 5.74) is 0.714. The zero-order chi connectivity index (χ0) is 25.0. The molecule has 4 aromatic rings. The molecule has 1 N–H and O–H groups in total. The number of carbonyl (C=O) groups is 1. The highest BCUT2D eigenvalue weighted by Gasteiger charge is 2.18. The van der Waals surface area contributed by atoms with Crippen LogP contribution in [0.3, 0.4) is 0 Å². The van der Waals surface area contributed by atoms with Crippen LogP contribution in [0, 0.1) is 11.3 Å². The maximum absolute atomic E-state index is 13.3. The van der Waals surface area contributed by atoms with Crippen LogP contribution in [0.25, 0.3) is 11.7 Å². The predicted octanol–water partition coefficient (Wildman–Crippen LogP) is 4.60. The highest BCUT2D eigenvalue weighted by atomic mass is 16.5. The van der Waals surface area contributed by atoms with E-state index in [9.17, 15) is 14.9 Å². The van der Waals surface area contributed by atoms with Crippen molar-refractivity contribution >= 4 is 17.6 Å². The number of pyridine rings is 1. The zero-order valence-corrected chi connectivity index (χ0v) is 19.6. The summed E-state index contributed by atoms with van der Waals surface area (Å²) >= 11 is 0. The summed E-state index contributed by atoms with van der Waals surface area (Å²) < 4.78 is 12.5. The van der Waals surface area contributed by atoms with E-state index in [0.29, 0.717) is 17.2 Å². The molecule has 0 aliphatic heterocycles. The van der Waals surface area contributed by atoms with Gasteiger partial charge in [-0.05, 0) is 53.5 Å². The van der Waals surface area contributed by atoms with Gasteiger partial charge in [-0.1, -0.05) is 39.0 Å². The number of amides is 1. The first kappa shape index (κ1) is 23.5. The largest absolute Gasteiger partial charge is 0.467 e. The van der Waals surface area contributed by atoms with Gasteiger partial charge in [-0.15, -0.1) is 0 Å². The van der Waals surface area contributed by atoms with E-state index in [1.54, 1.807) is 48.7 Å². The molecule has 176 valence electrons. The molecule has 0 saturated carbocycles. The molecule has 0 spiro atoms. The van der Waals surface area contributed by atoms with Crippen LogP contribution in [0.1, 0.15) is 37.7 Å². The van der Waals surface area contributed by atoms with Crippen LogP contribution in [-0.4, -0.2) is 15.3 Å². The lowest BCUT2D eigenvalue weighted by atomic mass is 9.87. The summed E-state index contributed by atoms with van der Waals surface area (Å²) in [5.74, 6) is 0.352. The number of hydrogen-bond acceptors (Lipinski definition) is 6. The number of rotatable bonds is 6. The smallest absolute Gasteiger partial charge is 0.269 e. The summed E-state index contributed by atoms with van der Waals surface area (Å²) in [4.78, 5) is 30.4. The zero-order valence-electron chi connectivity index (χ0n) is 19.6. The molecule has 0 atom stereocenters. The third kappa shape index (κ3) is 5.31. The fourth-order valence-electron chi connectivity index (χ4n) is 3.39. The van der Waals surface area contributed by atoms with Crippen LogP contribution in [0.15, 0.2) is 81.8 Å². The molecule has 1 aromatic carbocycles. The van der Waals surface area contributed by atoms with Crippen molar-refractivity contribution in [3.63, 3.8) is 0 Å². The highest BCUT2D eigenvalue weighted by Crippen LogP contribution is 2.28. The summed E-state index contributed by atoms with van der Waals surface area (Å²) in [6, 6.07) is 17.9. The van der Waals surface area contributed by atoms with Crippen molar-refractivity contribution in [2.24, 2.45) is 0 Å². The number of fused-ring (bicyclic) bond motifs is 1. The Balaban J connectivity index is 1.73. The van der Waals surface area contributed by atoms with Gasteiger partial charge in [0.05, 0.1) is 12.8 Å². The van der Waals surface area contributed by atoms with Gasteiger partial charge in [0.2, 0.25) is 5.88 Å². The average molecular weight is 469 g/mol. The molecule has 3 heterocycles. The van der Waals surface area contributed by atoms with E-state index in [0.717, 1.165) is 5.56 Å². The van der Waals surface area contributed by atoms with Crippen molar-refractivity contribution in [3.8, 4) is 17.7 Å². The number of nitrogens with one attached hydrogen (secondary N) is 1. The van der Waals surface area contributed by atoms with Crippen molar-refractivity contribution < 1.29 is 13.9 Å². The lowest BCUT2D eigenvalue weighted by molar-refractivity contribution is -0.117. The summed E-state index contributed by atoms with van der Waals surface area (Å²) in [5, 5.41) is 12.2. The molecule has 0 saturated heterocycles. The van der Waals surface area contributed by atoms with E-state index in [1.165, 1.54) is 16.7 Å². The number of nitrogens with zero attached hydrogens (tertiary/aromatic N) is 3. The Bertz CT molecular complexity index is 1490. The van der Waals surface area contributed by atoms with Gasteiger partial charge in [0.25, 0.3) is 11.5 Å². The maximum atomic E-state index is 13.3. The third-order valence-electron chi connectivity index (χ3n) is 5.33. The Morgan fingerprint density at radius 2 is 1.94 bits per heavy atom. The normalized spacial score (nSPS) is 11.8. The van der Waals surface area contributed by atoms with Crippen molar-refractivity contribution in [1.29, 1.82) is 5.26 Å². The van der Waals surface area contributed by atoms with Crippen molar-refractivity contribution in [3.05, 3.63) is 99.9 Å². The lowest BCUT2D eigenvalue weighted by Gasteiger charge is -2.19. The number of benzene rings is 1.